The SMILES string of the molecule is CSc1nc(N)n(-c2nnc(-c3cccc(OCCCBr)c3)s2)n1. The van der Waals surface area contributed by atoms with E-state index in [-0.39, 0.29) is 0 Å². The summed E-state index contributed by atoms with van der Waals surface area (Å²) in [6, 6.07) is 7.80. The van der Waals surface area contributed by atoms with E-state index in [1.54, 1.807) is 0 Å². The van der Waals surface area contributed by atoms with Crippen LogP contribution in [0.4, 0.5) is 5.95 Å². The summed E-state index contributed by atoms with van der Waals surface area (Å²) in [6.45, 7) is 0.670. The zero-order valence-electron chi connectivity index (χ0n) is 12.8. The Morgan fingerprint density at radius 3 is 3.00 bits per heavy atom. The van der Waals surface area contributed by atoms with E-state index in [0.29, 0.717) is 22.8 Å². The van der Waals surface area contributed by atoms with Gasteiger partial charge in [-0.1, -0.05) is 51.2 Å². The number of nitrogen functional groups attached to an aromatic ring is 1. The highest BCUT2D eigenvalue weighted by Gasteiger charge is 2.14. The van der Waals surface area contributed by atoms with Crippen molar-refractivity contribution in [2.75, 3.05) is 23.9 Å². The van der Waals surface area contributed by atoms with Crippen molar-refractivity contribution in [2.24, 2.45) is 0 Å². The van der Waals surface area contributed by atoms with E-state index in [4.69, 9.17) is 10.5 Å². The molecule has 0 bridgehead atoms. The molecule has 0 spiro atoms. The van der Waals surface area contributed by atoms with Gasteiger partial charge in [0.2, 0.25) is 16.2 Å². The van der Waals surface area contributed by atoms with Crippen molar-refractivity contribution in [3.05, 3.63) is 24.3 Å². The minimum atomic E-state index is 0.300. The third-order valence-electron chi connectivity index (χ3n) is 3.02. The van der Waals surface area contributed by atoms with Gasteiger partial charge in [0.1, 0.15) is 10.8 Å². The predicted molar refractivity (Wildman–Crippen MR) is 100 cm³/mol. The van der Waals surface area contributed by atoms with Crippen molar-refractivity contribution in [3.63, 3.8) is 0 Å². The summed E-state index contributed by atoms with van der Waals surface area (Å²) in [6.07, 6.45) is 2.85. The third-order valence-corrected chi connectivity index (χ3v) is 5.07. The number of hydrogen-bond acceptors (Lipinski definition) is 8. The van der Waals surface area contributed by atoms with Gasteiger partial charge in [-0.05, 0) is 24.8 Å². The fourth-order valence-electron chi connectivity index (χ4n) is 1.91. The first kappa shape index (κ1) is 17.2. The lowest BCUT2D eigenvalue weighted by atomic mass is 10.2. The average molecular weight is 427 g/mol. The van der Waals surface area contributed by atoms with Crippen molar-refractivity contribution in [2.45, 2.75) is 11.6 Å². The molecule has 0 aliphatic carbocycles. The van der Waals surface area contributed by atoms with Crippen LogP contribution in [0.1, 0.15) is 6.42 Å². The van der Waals surface area contributed by atoms with Crippen LogP contribution in [0.15, 0.2) is 29.4 Å². The number of aromatic nitrogens is 5. The predicted octanol–water partition coefficient (Wildman–Crippen LogP) is 3.25. The smallest absolute Gasteiger partial charge is 0.236 e. The molecule has 0 atom stereocenters. The molecule has 1 aromatic carbocycles. The van der Waals surface area contributed by atoms with Crippen LogP contribution in [0.25, 0.3) is 15.7 Å². The largest absolute Gasteiger partial charge is 0.494 e. The molecule has 126 valence electrons. The van der Waals surface area contributed by atoms with E-state index in [1.165, 1.54) is 27.8 Å². The molecule has 0 saturated carbocycles. The van der Waals surface area contributed by atoms with Crippen LogP contribution in [0.3, 0.4) is 0 Å². The van der Waals surface area contributed by atoms with Crippen LogP contribution >= 0.6 is 39.0 Å². The van der Waals surface area contributed by atoms with Gasteiger partial charge in [0.15, 0.2) is 0 Å². The molecule has 0 aliphatic rings. The Balaban J connectivity index is 1.82. The van der Waals surface area contributed by atoms with Crippen LogP contribution in [0, 0.1) is 0 Å². The molecule has 0 unspecified atom stereocenters. The van der Waals surface area contributed by atoms with Crippen molar-refractivity contribution in [1.82, 2.24) is 25.0 Å². The van der Waals surface area contributed by atoms with Gasteiger partial charge < -0.3 is 10.5 Å². The maximum atomic E-state index is 5.88. The summed E-state index contributed by atoms with van der Waals surface area (Å²) in [5.41, 5.74) is 6.82. The molecule has 3 aromatic rings. The number of hydrogen-bond donors (Lipinski definition) is 1. The van der Waals surface area contributed by atoms with Crippen LogP contribution in [0.2, 0.25) is 0 Å². The number of nitrogens with two attached hydrogens (primary N) is 1. The molecule has 7 nitrogen and oxygen atoms in total. The molecular formula is C14H15BrN6OS2. The van der Waals surface area contributed by atoms with Gasteiger partial charge in [0.25, 0.3) is 0 Å². The quantitative estimate of drug-likeness (QED) is 0.352. The van der Waals surface area contributed by atoms with Gasteiger partial charge in [-0.15, -0.1) is 15.3 Å². The van der Waals surface area contributed by atoms with E-state index >= 15 is 0 Å². The van der Waals surface area contributed by atoms with Crippen molar-refractivity contribution >= 4 is 45.0 Å². The van der Waals surface area contributed by atoms with Crippen molar-refractivity contribution in [3.8, 4) is 21.5 Å². The number of nitrogens with zero attached hydrogens (tertiary/aromatic N) is 5. The molecule has 3 rings (SSSR count). The highest BCUT2D eigenvalue weighted by molar-refractivity contribution is 9.09. The third kappa shape index (κ3) is 3.87. The lowest BCUT2D eigenvalue weighted by Crippen LogP contribution is -2.01. The van der Waals surface area contributed by atoms with E-state index in [1.807, 2.05) is 30.5 Å². The Kier molecular flexibility index (Phi) is 5.69. The van der Waals surface area contributed by atoms with Crippen molar-refractivity contribution in [1.29, 1.82) is 0 Å². The van der Waals surface area contributed by atoms with Crippen LogP contribution in [-0.4, -0.2) is 43.2 Å². The number of ether oxygens (including phenoxy) is 1. The monoisotopic (exact) mass is 426 g/mol. The fraction of sp³-hybridized carbons (Fsp3) is 0.286. The topological polar surface area (TPSA) is 91.7 Å². The van der Waals surface area contributed by atoms with Gasteiger partial charge in [-0.25, -0.2) is 0 Å². The van der Waals surface area contributed by atoms with E-state index in [0.717, 1.165) is 28.1 Å². The highest BCUT2D eigenvalue weighted by Crippen LogP contribution is 2.29. The summed E-state index contributed by atoms with van der Waals surface area (Å²) in [4.78, 5) is 4.15. The van der Waals surface area contributed by atoms with Gasteiger partial charge >= 0.3 is 0 Å². The first-order valence-corrected chi connectivity index (χ1v) is 10.3. The second-order valence-electron chi connectivity index (χ2n) is 4.68. The second kappa shape index (κ2) is 7.95. The Labute approximate surface area is 155 Å². The Hall–Kier alpha value is -1.65. The zero-order valence-corrected chi connectivity index (χ0v) is 16.1. The summed E-state index contributed by atoms with van der Waals surface area (Å²) in [7, 11) is 0. The number of thioether (sulfide) groups is 1. The summed E-state index contributed by atoms with van der Waals surface area (Å²) in [5, 5.41) is 15.6. The minimum absolute atomic E-state index is 0.300. The Morgan fingerprint density at radius 1 is 1.38 bits per heavy atom. The number of rotatable bonds is 7. The Bertz CT molecular complexity index is 821. The number of anilines is 1. The molecular weight excluding hydrogens is 412 g/mol. The van der Waals surface area contributed by atoms with Crippen LogP contribution in [-0.2, 0) is 0 Å². The molecule has 0 saturated heterocycles. The van der Waals surface area contributed by atoms with E-state index in [2.05, 4.69) is 36.2 Å². The first-order chi connectivity index (χ1) is 11.7. The van der Waals surface area contributed by atoms with Gasteiger partial charge in [0.05, 0.1) is 6.61 Å². The summed E-state index contributed by atoms with van der Waals surface area (Å²) >= 11 is 6.22. The molecule has 0 amide bonds. The normalized spacial score (nSPS) is 10.9. The molecule has 0 fully saturated rings. The Morgan fingerprint density at radius 2 is 2.25 bits per heavy atom. The zero-order chi connectivity index (χ0) is 16.9. The number of alkyl halides is 1. The number of halogens is 1. The lowest BCUT2D eigenvalue weighted by Gasteiger charge is -2.05. The standard InChI is InChI=1S/C14H15BrN6OS2/c1-23-13-17-12(16)21(20-13)14-19-18-11(24-14)9-4-2-5-10(8-9)22-7-3-6-15/h2,4-5,8H,3,6-7H2,1H3,(H2,16,17,20). The first-order valence-electron chi connectivity index (χ1n) is 7.11. The average Bonchev–Trinajstić information content (AvgIpc) is 3.22. The molecule has 2 heterocycles. The lowest BCUT2D eigenvalue weighted by molar-refractivity contribution is 0.319. The van der Waals surface area contributed by atoms with Crippen LogP contribution < -0.4 is 10.5 Å². The molecule has 24 heavy (non-hydrogen) atoms. The van der Waals surface area contributed by atoms with Gasteiger partial charge in [-0.2, -0.15) is 9.67 Å². The molecule has 0 radical (unpaired) electrons. The molecule has 2 N–H and O–H groups in total. The van der Waals surface area contributed by atoms with Gasteiger partial charge in [0, 0.05) is 10.9 Å². The van der Waals surface area contributed by atoms with Crippen molar-refractivity contribution < 1.29 is 4.74 Å². The number of benzene rings is 1. The van der Waals surface area contributed by atoms with Gasteiger partial charge in [-0.3, -0.25) is 0 Å². The summed E-state index contributed by atoms with van der Waals surface area (Å²) in [5.74, 6) is 1.11. The second-order valence-corrected chi connectivity index (χ2v) is 7.20. The summed E-state index contributed by atoms with van der Waals surface area (Å²) < 4.78 is 7.22. The minimum Gasteiger partial charge on any atom is -0.494 e. The molecule has 10 heteroatoms. The van der Waals surface area contributed by atoms with Crippen LogP contribution in [0.5, 0.6) is 5.75 Å². The maximum absolute atomic E-state index is 5.88. The highest BCUT2D eigenvalue weighted by atomic mass is 79.9. The van der Waals surface area contributed by atoms with E-state index in [9.17, 15) is 0 Å². The fourth-order valence-corrected chi connectivity index (χ4v) is 3.29. The molecule has 2 aromatic heterocycles. The maximum Gasteiger partial charge on any atom is 0.236 e. The van der Waals surface area contributed by atoms with E-state index < -0.39 is 0 Å². The molecule has 0 aliphatic heterocycles.